The Bertz CT molecular complexity index is 558. The standard InChI is InChI=1S/C15H17ClN2O/c1-3-17-9-12-6-7-18-10-15(12)19-14-8-11(2)4-5-13(14)16/h4-8,10,17H,3,9H2,1-2H3. The molecule has 1 heterocycles. The molecule has 1 aromatic carbocycles. The topological polar surface area (TPSA) is 34.2 Å². The molecule has 0 fully saturated rings. The van der Waals surface area contributed by atoms with Crippen molar-refractivity contribution in [1.82, 2.24) is 10.3 Å². The molecule has 0 saturated heterocycles. The van der Waals surface area contributed by atoms with Gasteiger partial charge in [-0.25, -0.2) is 0 Å². The highest BCUT2D eigenvalue weighted by Gasteiger charge is 2.07. The van der Waals surface area contributed by atoms with Crippen LogP contribution in [0.15, 0.2) is 36.7 Å². The molecule has 0 saturated carbocycles. The molecule has 0 unspecified atom stereocenters. The summed E-state index contributed by atoms with van der Waals surface area (Å²) in [5, 5.41) is 3.88. The van der Waals surface area contributed by atoms with E-state index in [4.69, 9.17) is 16.3 Å². The van der Waals surface area contributed by atoms with Crippen LogP contribution in [0.4, 0.5) is 0 Å². The predicted molar refractivity (Wildman–Crippen MR) is 77.9 cm³/mol. The minimum atomic E-state index is 0.601. The second-order valence-corrected chi connectivity index (χ2v) is 4.71. The van der Waals surface area contributed by atoms with Gasteiger partial charge < -0.3 is 10.1 Å². The van der Waals surface area contributed by atoms with E-state index >= 15 is 0 Å². The smallest absolute Gasteiger partial charge is 0.150 e. The van der Waals surface area contributed by atoms with E-state index in [0.717, 1.165) is 30.0 Å². The van der Waals surface area contributed by atoms with Crippen LogP contribution in [-0.4, -0.2) is 11.5 Å². The van der Waals surface area contributed by atoms with Crippen LogP contribution in [0.1, 0.15) is 18.1 Å². The first kappa shape index (κ1) is 13.8. The van der Waals surface area contributed by atoms with Crippen LogP contribution >= 0.6 is 11.6 Å². The lowest BCUT2D eigenvalue weighted by molar-refractivity contribution is 0.470. The van der Waals surface area contributed by atoms with Gasteiger partial charge in [0.05, 0.1) is 11.2 Å². The van der Waals surface area contributed by atoms with Crippen LogP contribution in [0.3, 0.4) is 0 Å². The lowest BCUT2D eigenvalue weighted by Crippen LogP contribution is -2.12. The summed E-state index contributed by atoms with van der Waals surface area (Å²) in [7, 11) is 0. The van der Waals surface area contributed by atoms with Crippen LogP contribution < -0.4 is 10.1 Å². The van der Waals surface area contributed by atoms with Gasteiger partial charge in [-0.15, -0.1) is 0 Å². The van der Waals surface area contributed by atoms with E-state index in [1.165, 1.54) is 0 Å². The van der Waals surface area contributed by atoms with Gasteiger partial charge in [0.15, 0.2) is 0 Å². The van der Waals surface area contributed by atoms with Gasteiger partial charge in [-0.1, -0.05) is 24.6 Å². The van der Waals surface area contributed by atoms with Crippen LogP contribution in [-0.2, 0) is 6.54 Å². The summed E-state index contributed by atoms with van der Waals surface area (Å²) in [6.45, 7) is 5.73. The van der Waals surface area contributed by atoms with Gasteiger partial charge >= 0.3 is 0 Å². The molecular weight excluding hydrogens is 260 g/mol. The zero-order chi connectivity index (χ0) is 13.7. The molecule has 1 N–H and O–H groups in total. The van der Waals surface area contributed by atoms with Gasteiger partial charge in [-0.3, -0.25) is 4.98 Å². The number of benzene rings is 1. The fourth-order valence-corrected chi connectivity index (χ4v) is 1.87. The van der Waals surface area contributed by atoms with Gasteiger partial charge in [-0.05, 0) is 37.2 Å². The lowest BCUT2D eigenvalue weighted by atomic mass is 10.2. The fourth-order valence-electron chi connectivity index (χ4n) is 1.71. The Morgan fingerprint density at radius 3 is 2.89 bits per heavy atom. The van der Waals surface area contributed by atoms with Crippen molar-refractivity contribution >= 4 is 11.6 Å². The third kappa shape index (κ3) is 3.69. The third-order valence-electron chi connectivity index (χ3n) is 2.74. The van der Waals surface area contributed by atoms with E-state index in [1.807, 2.05) is 31.2 Å². The Hall–Kier alpha value is -1.58. The third-order valence-corrected chi connectivity index (χ3v) is 3.05. The van der Waals surface area contributed by atoms with E-state index < -0.39 is 0 Å². The van der Waals surface area contributed by atoms with Crippen molar-refractivity contribution < 1.29 is 4.74 Å². The molecule has 2 aromatic rings. The van der Waals surface area contributed by atoms with Crippen LogP contribution in [0.25, 0.3) is 0 Å². The second kappa shape index (κ2) is 6.55. The van der Waals surface area contributed by atoms with Crippen molar-refractivity contribution in [2.24, 2.45) is 0 Å². The van der Waals surface area contributed by atoms with Crippen molar-refractivity contribution in [3.05, 3.63) is 52.8 Å². The predicted octanol–water partition coefficient (Wildman–Crippen LogP) is 3.95. The number of hydrogen-bond donors (Lipinski definition) is 1. The van der Waals surface area contributed by atoms with Crippen LogP contribution in [0.5, 0.6) is 11.5 Å². The first-order valence-electron chi connectivity index (χ1n) is 6.28. The summed E-state index contributed by atoms with van der Waals surface area (Å²) in [5.74, 6) is 1.39. The number of aromatic nitrogens is 1. The quantitative estimate of drug-likeness (QED) is 0.898. The van der Waals surface area contributed by atoms with Crippen molar-refractivity contribution in [2.75, 3.05) is 6.54 Å². The average Bonchev–Trinajstić information content (AvgIpc) is 2.42. The Morgan fingerprint density at radius 1 is 1.26 bits per heavy atom. The molecule has 2 rings (SSSR count). The minimum Gasteiger partial charge on any atom is -0.454 e. The monoisotopic (exact) mass is 276 g/mol. The zero-order valence-corrected chi connectivity index (χ0v) is 11.9. The summed E-state index contributed by atoms with van der Waals surface area (Å²) in [5.41, 5.74) is 2.17. The Labute approximate surface area is 118 Å². The Balaban J connectivity index is 2.25. The largest absolute Gasteiger partial charge is 0.454 e. The van der Waals surface area contributed by atoms with Crippen molar-refractivity contribution in [1.29, 1.82) is 0 Å². The van der Waals surface area contributed by atoms with Crippen LogP contribution in [0.2, 0.25) is 5.02 Å². The average molecular weight is 277 g/mol. The molecule has 0 radical (unpaired) electrons. The summed E-state index contributed by atoms with van der Waals surface area (Å²) >= 11 is 6.14. The molecule has 0 aliphatic carbocycles. The maximum Gasteiger partial charge on any atom is 0.150 e. The molecule has 0 aliphatic heterocycles. The molecule has 0 amide bonds. The molecule has 19 heavy (non-hydrogen) atoms. The molecule has 1 aromatic heterocycles. The first-order chi connectivity index (χ1) is 9.20. The number of nitrogens with zero attached hydrogens (tertiary/aromatic N) is 1. The summed E-state index contributed by atoms with van der Waals surface area (Å²) in [4.78, 5) is 4.11. The number of pyridine rings is 1. The van der Waals surface area contributed by atoms with E-state index in [0.29, 0.717) is 10.8 Å². The minimum absolute atomic E-state index is 0.601. The lowest BCUT2D eigenvalue weighted by Gasteiger charge is -2.12. The molecule has 3 nitrogen and oxygen atoms in total. The maximum absolute atomic E-state index is 6.14. The summed E-state index contributed by atoms with van der Waals surface area (Å²) < 4.78 is 5.88. The van der Waals surface area contributed by atoms with Gasteiger partial charge in [0.1, 0.15) is 11.5 Å². The molecular formula is C15H17ClN2O. The van der Waals surface area contributed by atoms with Crippen molar-refractivity contribution in [3.8, 4) is 11.5 Å². The second-order valence-electron chi connectivity index (χ2n) is 4.30. The summed E-state index contributed by atoms with van der Waals surface area (Å²) in [6, 6.07) is 7.67. The van der Waals surface area contributed by atoms with Gasteiger partial charge in [-0.2, -0.15) is 0 Å². The van der Waals surface area contributed by atoms with Crippen molar-refractivity contribution in [2.45, 2.75) is 20.4 Å². The Morgan fingerprint density at radius 2 is 2.11 bits per heavy atom. The van der Waals surface area contributed by atoms with E-state index in [9.17, 15) is 0 Å². The van der Waals surface area contributed by atoms with Gasteiger partial charge in [0, 0.05) is 18.3 Å². The maximum atomic E-state index is 6.14. The highest BCUT2D eigenvalue weighted by molar-refractivity contribution is 6.32. The normalized spacial score (nSPS) is 10.5. The number of aryl methyl sites for hydroxylation is 1. The molecule has 0 aliphatic rings. The molecule has 0 spiro atoms. The van der Waals surface area contributed by atoms with Gasteiger partial charge in [0.25, 0.3) is 0 Å². The van der Waals surface area contributed by atoms with E-state index in [2.05, 4.69) is 17.2 Å². The number of halogens is 1. The van der Waals surface area contributed by atoms with Crippen molar-refractivity contribution in [3.63, 3.8) is 0 Å². The van der Waals surface area contributed by atoms with E-state index in [1.54, 1.807) is 12.4 Å². The number of hydrogen-bond acceptors (Lipinski definition) is 3. The highest BCUT2D eigenvalue weighted by atomic mass is 35.5. The van der Waals surface area contributed by atoms with Gasteiger partial charge in [0.2, 0.25) is 0 Å². The number of ether oxygens (including phenoxy) is 1. The fraction of sp³-hybridized carbons (Fsp3) is 0.267. The molecule has 0 bridgehead atoms. The van der Waals surface area contributed by atoms with Crippen LogP contribution in [0, 0.1) is 6.92 Å². The zero-order valence-electron chi connectivity index (χ0n) is 11.1. The summed E-state index contributed by atoms with van der Waals surface area (Å²) in [6.07, 6.45) is 3.47. The molecule has 100 valence electrons. The molecule has 0 atom stereocenters. The molecule has 4 heteroatoms. The number of rotatable bonds is 5. The Kier molecular flexibility index (Phi) is 4.77. The SMILES string of the molecule is CCNCc1ccncc1Oc1cc(C)ccc1Cl. The number of nitrogens with one attached hydrogen (secondary N) is 1. The highest BCUT2D eigenvalue weighted by Crippen LogP contribution is 2.31. The van der Waals surface area contributed by atoms with E-state index in [-0.39, 0.29) is 0 Å². The first-order valence-corrected chi connectivity index (χ1v) is 6.66.